The van der Waals surface area contributed by atoms with Gasteiger partial charge in [0.05, 0.1) is 29.9 Å². The van der Waals surface area contributed by atoms with Gasteiger partial charge < -0.3 is 9.30 Å². The molecule has 0 bridgehead atoms. The minimum absolute atomic E-state index is 0.0432. The van der Waals surface area contributed by atoms with Gasteiger partial charge in [0.25, 0.3) is 0 Å². The number of halogens is 1. The number of hydrogen-bond acceptors (Lipinski definition) is 6. The average Bonchev–Trinajstić information content (AvgIpc) is 3.27. The summed E-state index contributed by atoms with van der Waals surface area (Å²) >= 11 is 9.37. The fraction of sp³-hybridized carbons (Fsp3) is 0.333. The number of aryl methyl sites for hydroxylation is 1. The van der Waals surface area contributed by atoms with Crippen molar-refractivity contribution in [3.05, 3.63) is 60.7 Å². The summed E-state index contributed by atoms with van der Waals surface area (Å²) in [5.74, 6) is 0.800. The number of benzene rings is 1. The Morgan fingerprint density at radius 2 is 2.13 bits per heavy atom. The lowest BCUT2D eigenvalue weighted by atomic mass is 9.95. The van der Waals surface area contributed by atoms with Gasteiger partial charge in [-0.3, -0.25) is 0 Å². The molecular weight excluding hydrogens is 438 g/mol. The molecule has 30 heavy (non-hydrogen) atoms. The number of rotatable bonds is 4. The number of amidine groups is 1. The van der Waals surface area contributed by atoms with Gasteiger partial charge in [-0.25, -0.2) is 4.98 Å². The van der Waals surface area contributed by atoms with Gasteiger partial charge in [-0.1, -0.05) is 32.4 Å². The highest BCUT2D eigenvalue weighted by Crippen LogP contribution is 2.26. The van der Waals surface area contributed by atoms with E-state index in [0.29, 0.717) is 22.9 Å². The van der Waals surface area contributed by atoms with Gasteiger partial charge in [0.15, 0.2) is 10.6 Å². The van der Waals surface area contributed by atoms with Crippen LogP contribution < -0.4 is 9.54 Å². The first-order valence-electron chi connectivity index (χ1n) is 9.18. The molecule has 0 aliphatic carbocycles. The molecule has 0 atom stereocenters. The predicted molar refractivity (Wildman–Crippen MR) is 123 cm³/mol. The second-order valence-corrected chi connectivity index (χ2v) is 10.1. The third-order valence-electron chi connectivity index (χ3n) is 4.22. The molecular formula is C21H22ClN5OS2. The minimum Gasteiger partial charge on any atom is -0.496 e. The maximum atomic E-state index is 9.27. The Bertz CT molecular complexity index is 1190. The fourth-order valence-electron chi connectivity index (χ4n) is 2.72. The van der Waals surface area contributed by atoms with Gasteiger partial charge in [0.2, 0.25) is 6.19 Å². The zero-order chi connectivity index (χ0) is 21.9. The lowest BCUT2D eigenvalue weighted by Gasteiger charge is -2.14. The first kappa shape index (κ1) is 22.2. The van der Waals surface area contributed by atoms with Gasteiger partial charge >= 0.3 is 0 Å². The summed E-state index contributed by atoms with van der Waals surface area (Å²) in [5.41, 5.74) is 1.49. The Hall–Kier alpha value is -2.47. The summed E-state index contributed by atoms with van der Waals surface area (Å²) < 4.78 is 7.48. The van der Waals surface area contributed by atoms with E-state index in [4.69, 9.17) is 21.3 Å². The molecule has 1 aromatic carbocycles. The van der Waals surface area contributed by atoms with Crippen LogP contribution in [-0.4, -0.2) is 22.5 Å². The first-order valence-corrected chi connectivity index (χ1v) is 11.3. The number of methoxy groups -OCH3 is 1. The van der Waals surface area contributed by atoms with Crippen LogP contribution in [0, 0.1) is 18.4 Å². The molecule has 0 amide bonds. The Kier molecular flexibility index (Phi) is 6.76. The average molecular weight is 460 g/mol. The van der Waals surface area contributed by atoms with Crippen LogP contribution in [0.2, 0.25) is 5.02 Å². The van der Waals surface area contributed by atoms with E-state index in [1.165, 1.54) is 4.88 Å². The van der Waals surface area contributed by atoms with E-state index in [1.807, 2.05) is 23.1 Å². The second-order valence-electron chi connectivity index (χ2n) is 7.61. The van der Waals surface area contributed by atoms with Crippen molar-refractivity contribution in [1.82, 2.24) is 9.55 Å². The number of ether oxygens (including phenoxy) is 1. The Morgan fingerprint density at radius 1 is 1.37 bits per heavy atom. The lowest BCUT2D eigenvalue weighted by Crippen LogP contribution is -2.18. The van der Waals surface area contributed by atoms with Crippen molar-refractivity contribution in [3.8, 4) is 11.9 Å². The summed E-state index contributed by atoms with van der Waals surface area (Å²) in [7, 11) is 1.56. The maximum Gasteiger partial charge on any atom is 0.207 e. The molecule has 0 radical (unpaired) electrons. The third kappa shape index (κ3) is 5.17. The van der Waals surface area contributed by atoms with E-state index >= 15 is 0 Å². The molecule has 9 heteroatoms. The molecule has 0 saturated heterocycles. The minimum atomic E-state index is -0.0432. The highest BCUT2D eigenvalue weighted by Gasteiger charge is 2.19. The molecule has 0 fully saturated rings. The van der Waals surface area contributed by atoms with Gasteiger partial charge in [-0.05, 0) is 30.5 Å². The topological polar surface area (TPSA) is 75.6 Å². The standard InChI is InChI=1S/C21H22ClN5OS2/c1-13-25-15(11-29-13)9-27-10-18(21(2,3)4)30-20(27)26-19(24-12-23)16-8-14(22)6-7-17(16)28-5/h6-8,10-11H,9H2,1-5H3/b24-19+,26-20-. The first-order chi connectivity index (χ1) is 14.2. The molecule has 0 aliphatic rings. The quantitative estimate of drug-likeness (QED) is 0.307. The van der Waals surface area contributed by atoms with Crippen molar-refractivity contribution >= 4 is 40.1 Å². The molecule has 0 aliphatic heterocycles. The van der Waals surface area contributed by atoms with Gasteiger partial charge in [0.1, 0.15) is 5.75 Å². The van der Waals surface area contributed by atoms with E-state index in [-0.39, 0.29) is 11.3 Å². The van der Waals surface area contributed by atoms with Crippen LogP contribution in [0.15, 0.2) is 39.8 Å². The number of thiazole rings is 2. The molecule has 0 unspecified atom stereocenters. The molecule has 2 aromatic heterocycles. The summed E-state index contributed by atoms with van der Waals surface area (Å²) in [4.78, 5) is 15.2. The van der Waals surface area contributed by atoms with Crippen molar-refractivity contribution in [2.75, 3.05) is 7.11 Å². The fourth-order valence-corrected chi connectivity index (χ4v) is 4.55. The summed E-state index contributed by atoms with van der Waals surface area (Å²) in [6.07, 6.45) is 3.94. The zero-order valence-electron chi connectivity index (χ0n) is 17.4. The largest absolute Gasteiger partial charge is 0.496 e. The molecule has 0 spiro atoms. The SMILES string of the molecule is COc1ccc(Cl)cc1C(/N=c1\sc(C(C)(C)C)cn1Cc1csc(C)n1)=N\C#N. The van der Waals surface area contributed by atoms with E-state index in [0.717, 1.165) is 15.5 Å². The van der Waals surface area contributed by atoms with Crippen LogP contribution in [0.4, 0.5) is 0 Å². The number of nitrogens with zero attached hydrogens (tertiary/aromatic N) is 5. The van der Waals surface area contributed by atoms with Gasteiger partial charge in [-0.15, -0.1) is 22.7 Å². The van der Waals surface area contributed by atoms with Crippen LogP contribution in [0.1, 0.15) is 41.9 Å². The maximum absolute atomic E-state index is 9.27. The molecule has 0 N–H and O–H groups in total. The van der Waals surface area contributed by atoms with Gasteiger partial charge in [-0.2, -0.15) is 15.2 Å². The Balaban J connectivity index is 2.18. The van der Waals surface area contributed by atoms with Gasteiger partial charge in [0, 0.05) is 21.5 Å². The van der Waals surface area contributed by atoms with E-state index < -0.39 is 0 Å². The number of nitriles is 1. The van der Waals surface area contributed by atoms with Crippen LogP contribution in [0.25, 0.3) is 0 Å². The third-order valence-corrected chi connectivity index (χ3v) is 6.72. The van der Waals surface area contributed by atoms with Crippen LogP contribution in [0.3, 0.4) is 0 Å². The summed E-state index contributed by atoms with van der Waals surface area (Å²) in [6.45, 7) is 9.04. The smallest absolute Gasteiger partial charge is 0.207 e. The van der Waals surface area contributed by atoms with Crippen molar-refractivity contribution in [2.45, 2.75) is 39.7 Å². The van der Waals surface area contributed by atoms with Crippen LogP contribution in [-0.2, 0) is 12.0 Å². The summed E-state index contributed by atoms with van der Waals surface area (Å²) in [5, 5.41) is 12.8. The molecule has 156 valence electrons. The number of aromatic nitrogens is 2. The number of aliphatic imine (C=N–C) groups is 1. The second kappa shape index (κ2) is 9.13. The monoisotopic (exact) mass is 459 g/mol. The predicted octanol–water partition coefficient (Wildman–Crippen LogP) is 5.15. The normalized spacial score (nSPS) is 12.8. The Morgan fingerprint density at radius 3 is 2.73 bits per heavy atom. The highest BCUT2D eigenvalue weighted by molar-refractivity contribution is 7.09. The summed E-state index contributed by atoms with van der Waals surface area (Å²) in [6, 6.07) is 5.16. The molecule has 3 aromatic rings. The van der Waals surface area contributed by atoms with Crippen LogP contribution in [0.5, 0.6) is 5.75 Å². The zero-order valence-corrected chi connectivity index (χ0v) is 19.8. The molecule has 0 saturated carbocycles. The van der Waals surface area contributed by atoms with Crippen molar-refractivity contribution in [3.63, 3.8) is 0 Å². The molecule has 2 heterocycles. The van der Waals surface area contributed by atoms with Crippen LogP contribution >= 0.6 is 34.3 Å². The van der Waals surface area contributed by atoms with E-state index in [1.54, 1.807) is 48.0 Å². The Labute approximate surface area is 188 Å². The van der Waals surface area contributed by atoms with E-state index in [2.05, 4.69) is 36.9 Å². The van der Waals surface area contributed by atoms with Crippen molar-refractivity contribution < 1.29 is 4.74 Å². The van der Waals surface area contributed by atoms with Crippen molar-refractivity contribution in [2.24, 2.45) is 9.98 Å². The molecule has 3 rings (SSSR count). The van der Waals surface area contributed by atoms with Crippen molar-refractivity contribution in [1.29, 1.82) is 5.26 Å². The number of hydrogen-bond donors (Lipinski definition) is 0. The lowest BCUT2D eigenvalue weighted by molar-refractivity contribution is 0.414. The molecule has 6 nitrogen and oxygen atoms in total. The van der Waals surface area contributed by atoms with E-state index in [9.17, 15) is 5.26 Å². The highest BCUT2D eigenvalue weighted by atomic mass is 35.5.